The van der Waals surface area contributed by atoms with E-state index in [9.17, 15) is 14.7 Å². The summed E-state index contributed by atoms with van der Waals surface area (Å²) in [5.74, 6) is -0.371. The largest absolute Gasteiger partial charge is 0.481 e. The van der Waals surface area contributed by atoms with Crippen LogP contribution in [0.15, 0.2) is 48.5 Å². The van der Waals surface area contributed by atoms with Crippen LogP contribution in [-0.2, 0) is 16.0 Å². The van der Waals surface area contributed by atoms with E-state index in [-0.39, 0.29) is 5.91 Å². The van der Waals surface area contributed by atoms with Crippen molar-refractivity contribution in [3.63, 3.8) is 0 Å². The maximum Gasteiger partial charge on any atom is 0.307 e. The van der Waals surface area contributed by atoms with E-state index in [1.807, 2.05) is 55.5 Å². The van der Waals surface area contributed by atoms with Crippen LogP contribution in [0.3, 0.4) is 0 Å². The standard InChI is InChI=1S/C23H27NO4/c1-16-5-4-6-19(15-16)28-18-11-9-17(10-12-18)13-14-24-22(25)20-7-2-3-8-21(20)23(26)27/h4-6,9-12,15,20-21H,2-3,7-8,13-14H2,1H3,(H,24,25)(H,26,27). The Labute approximate surface area is 165 Å². The molecule has 2 N–H and O–H groups in total. The molecule has 0 aliphatic heterocycles. The van der Waals surface area contributed by atoms with Crippen LogP contribution in [0.4, 0.5) is 0 Å². The third kappa shape index (κ3) is 5.35. The van der Waals surface area contributed by atoms with Crippen molar-refractivity contribution in [2.75, 3.05) is 6.54 Å². The van der Waals surface area contributed by atoms with Crippen molar-refractivity contribution < 1.29 is 19.4 Å². The van der Waals surface area contributed by atoms with Gasteiger partial charge in [0.25, 0.3) is 0 Å². The minimum Gasteiger partial charge on any atom is -0.481 e. The molecule has 0 heterocycles. The highest BCUT2D eigenvalue weighted by Crippen LogP contribution is 2.30. The second kappa shape index (κ2) is 9.40. The SMILES string of the molecule is Cc1cccc(Oc2ccc(CCNC(=O)C3CCCCC3C(=O)O)cc2)c1. The first-order chi connectivity index (χ1) is 13.5. The van der Waals surface area contributed by atoms with Gasteiger partial charge in [0, 0.05) is 6.54 Å². The Morgan fingerprint density at radius 3 is 2.43 bits per heavy atom. The second-order valence-corrected chi connectivity index (χ2v) is 7.44. The molecule has 148 valence electrons. The molecule has 1 aliphatic rings. The number of nitrogens with one attached hydrogen (secondary N) is 1. The summed E-state index contributed by atoms with van der Waals surface area (Å²) in [5.41, 5.74) is 2.24. The number of aliphatic carboxylic acids is 1. The predicted molar refractivity (Wildman–Crippen MR) is 107 cm³/mol. The highest BCUT2D eigenvalue weighted by atomic mass is 16.5. The van der Waals surface area contributed by atoms with E-state index in [0.717, 1.165) is 35.5 Å². The Morgan fingerprint density at radius 2 is 1.75 bits per heavy atom. The van der Waals surface area contributed by atoms with Crippen LogP contribution in [0.1, 0.15) is 36.8 Å². The zero-order chi connectivity index (χ0) is 19.9. The molecular weight excluding hydrogens is 354 g/mol. The van der Waals surface area contributed by atoms with Crippen molar-refractivity contribution >= 4 is 11.9 Å². The molecule has 1 amide bonds. The summed E-state index contributed by atoms with van der Waals surface area (Å²) in [5, 5.41) is 12.2. The molecule has 28 heavy (non-hydrogen) atoms. The first-order valence-corrected chi connectivity index (χ1v) is 9.87. The molecule has 1 saturated carbocycles. The molecule has 2 aromatic rings. The summed E-state index contributed by atoms with van der Waals surface area (Å²) in [6.07, 6.45) is 3.76. The monoisotopic (exact) mass is 381 g/mol. The molecule has 0 radical (unpaired) electrons. The molecule has 3 rings (SSSR count). The topological polar surface area (TPSA) is 75.6 Å². The van der Waals surface area contributed by atoms with Crippen molar-refractivity contribution in [3.8, 4) is 11.5 Å². The lowest BCUT2D eigenvalue weighted by Crippen LogP contribution is -2.40. The van der Waals surface area contributed by atoms with Gasteiger partial charge in [-0.15, -0.1) is 0 Å². The summed E-state index contributed by atoms with van der Waals surface area (Å²) < 4.78 is 5.85. The number of carboxylic acid groups (broad SMARTS) is 1. The van der Waals surface area contributed by atoms with Gasteiger partial charge in [0.2, 0.25) is 5.91 Å². The van der Waals surface area contributed by atoms with Gasteiger partial charge in [-0.25, -0.2) is 0 Å². The fourth-order valence-corrected chi connectivity index (χ4v) is 3.74. The predicted octanol–water partition coefficient (Wildman–Crippen LogP) is 4.34. The highest BCUT2D eigenvalue weighted by molar-refractivity contribution is 5.84. The molecule has 1 aliphatic carbocycles. The quantitative estimate of drug-likeness (QED) is 0.748. The minimum absolute atomic E-state index is 0.133. The summed E-state index contributed by atoms with van der Waals surface area (Å²) in [6.45, 7) is 2.52. The van der Waals surface area contributed by atoms with Crippen molar-refractivity contribution in [1.29, 1.82) is 0 Å². The molecule has 2 unspecified atom stereocenters. The van der Waals surface area contributed by atoms with Crippen molar-refractivity contribution in [2.24, 2.45) is 11.8 Å². The molecule has 0 aromatic heterocycles. The van der Waals surface area contributed by atoms with E-state index < -0.39 is 17.8 Å². The zero-order valence-corrected chi connectivity index (χ0v) is 16.2. The van der Waals surface area contributed by atoms with Crippen molar-refractivity contribution in [1.82, 2.24) is 5.32 Å². The number of hydrogen-bond acceptors (Lipinski definition) is 3. The average Bonchev–Trinajstić information content (AvgIpc) is 2.69. The summed E-state index contributed by atoms with van der Waals surface area (Å²) in [4.78, 5) is 23.7. The molecule has 0 bridgehead atoms. The number of amides is 1. The van der Waals surface area contributed by atoms with E-state index in [1.54, 1.807) is 0 Å². The van der Waals surface area contributed by atoms with E-state index in [4.69, 9.17) is 4.74 Å². The minimum atomic E-state index is -0.857. The zero-order valence-electron chi connectivity index (χ0n) is 16.2. The van der Waals surface area contributed by atoms with Crippen LogP contribution in [0.25, 0.3) is 0 Å². The van der Waals surface area contributed by atoms with E-state index in [0.29, 0.717) is 25.8 Å². The Morgan fingerprint density at radius 1 is 1.04 bits per heavy atom. The summed E-state index contributed by atoms with van der Waals surface area (Å²) in [6, 6.07) is 15.7. The summed E-state index contributed by atoms with van der Waals surface area (Å²) in [7, 11) is 0. The lowest BCUT2D eigenvalue weighted by atomic mass is 9.78. The third-order valence-corrected chi connectivity index (χ3v) is 5.28. The van der Waals surface area contributed by atoms with Crippen molar-refractivity contribution in [3.05, 3.63) is 59.7 Å². The molecule has 1 fully saturated rings. The third-order valence-electron chi connectivity index (χ3n) is 5.28. The van der Waals surface area contributed by atoms with Gasteiger partial charge >= 0.3 is 5.97 Å². The van der Waals surface area contributed by atoms with E-state index >= 15 is 0 Å². The Bertz CT molecular complexity index is 816. The van der Waals surface area contributed by atoms with E-state index in [2.05, 4.69) is 5.32 Å². The number of hydrogen-bond donors (Lipinski definition) is 2. The molecule has 2 atom stereocenters. The van der Waals surface area contributed by atoms with Crippen molar-refractivity contribution in [2.45, 2.75) is 39.0 Å². The average molecular weight is 381 g/mol. The Balaban J connectivity index is 1.48. The van der Waals surface area contributed by atoms with Crippen LogP contribution in [0.5, 0.6) is 11.5 Å². The molecule has 2 aromatic carbocycles. The smallest absolute Gasteiger partial charge is 0.307 e. The van der Waals surface area contributed by atoms with Crippen LogP contribution < -0.4 is 10.1 Å². The number of aryl methyl sites for hydroxylation is 1. The van der Waals surface area contributed by atoms with Gasteiger partial charge in [0.1, 0.15) is 11.5 Å². The molecule has 5 heteroatoms. The molecule has 5 nitrogen and oxygen atoms in total. The summed E-state index contributed by atoms with van der Waals surface area (Å²) >= 11 is 0. The van der Waals surface area contributed by atoms with Gasteiger partial charge in [-0.05, 0) is 61.6 Å². The van der Waals surface area contributed by atoms with Gasteiger partial charge < -0.3 is 15.2 Å². The highest BCUT2D eigenvalue weighted by Gasteiger charge is 2.35. The molecule has 0 spiro atoms. The number of carbonyl (C=O) groups excluding carboxylic acids is 1. The number of benzene rings is 2. The maximum atomic E-state index is 12.4. The van der Waals surface area contributed by atoms with Crippen LogP contribution in [0, 0.1) is 18.8 Å². The van der Waals surface area contributed by atoms with Gasteiger partial charge in [0.15, 0.2) is 0 Å². The maximum absolute atomic E-state index is 12.4. The van der Waals surface area contributed by atoms with Gasteiger partial charge in [-0.3, -0.25) is 9.59 Å². The Kier molecular flexibility index (Phi) is 6.69. The number of rotatable bonds is 7. The molecular formula is C23H27NO4. The van der Waals surface area contributed by atoms with Crippen LogP contribution in [0.2, 0.25) is 0 Å². The van der Waals surface area contributed by atoms with Gasteiger partial charge in [-0.2, -0.15) is 0 Å². The van der Waals surface area contributed by atoms with Crippen LogP contribution >= 0.6 is 0 Å². The first kappa shape index (κ1) is 19.9. The fraction of sp³-hybridized carbons (Fsp3) is 0.391. The number of carbonyl (C=O) groups is 2. The first-order valence-electron chi connectivity index (χ1n) is 9.87. The normalized spacial score (nSPS) is 19.0. The lowest BCUT2D eigenvalue weighted by Gasteiger charge is -2.27. The fourth-order valence-electron chi connectivity index (χ4n) is 3.74. The van der Waals surface area contributed by atoms with Gasteiger partial charge in [0.05, 0.1) is 11.8 Å². The Hall–Kier alpha value is -2.82. The van der Waals surface area contributed by atoms with Gasteiger partial charge in [-0.1, -0.05) is 37.1 Å². The van der Waals surface area contributed by atoms with E-state index in [1.165, 1.54) is 0 Å². The lowest BCUT2D eigenvalue weighted by molar-refractivity contribution is -0.148. The number of ether oxygens (including phenoxy) is 1. The van der Waals surface area contributed by atoms with Crippen LogP contribution in [-0.4, -0.2) is 23.5 Å². The second-order valence-electron chi connectivity index (χ2n) is 7.44. The molecule has 0 saturated heterocycles. The number of carboxylic acids is 1.